The van der Waals surface area contributed by atoms with Crippen molar-refractivity contribution in [2.24, 2.45) is 0 Å². The Kier molecular flexibility index (Phi) is 2.91. The Morgan fingerprint density at radius 1 is 1.64 bits per heavy atom. The number of aryl methyl sites for hydroxylation is 1. The number of aromatic amines is 1. The van der Waals surface area contributed by atoms with Gasteiger partial charge in [0, 0.05) is 11.8 Å². The number of ether oxygens (including phenoxy) is 1. The second-order valence-corrected chi connectivity index (χ2v) is 2.81. The summed E-state index contributed by atoms with van der Waals surface area (Å²) in [4.78, 5) is 25.4. The standard InChI is InChI=1S/C9H12N2O3/c1-3-14-9(13)8-5(2)11-7(10)4-6(8)12/h4H,3H2,1-2H3,(H3,10,11,12). The third-order valence-electron chi connectivity index (χ3n) is 1.72. The van der Waals surface area contributed by atoms with Gasteiger partial charge in [0.2, 0.25) is 0 Å². The lowest BCUT2D eigenvalue weighted by atomic mass is 10.2. The SMILES string of the molecule is CCOC(=O)c1c(C)[nH]c(N)cc1=O. The molecule has 5 heteroatoms. The molecule has 0 fully saturated rings. The number of anilines is 1. The van der Waals surface area contributed by atoms with Crippen molar-refractivity contribution in [3.63, 3.8) is 0 Å². The Balaban J connectivity index is 3.21. The lowest BCUT2D eigenvalue weighted by Gasteiger charge is -2.04. The van der Waals surface area contributed by atoms with Crippen molar-refractivity contribution in [2.75, 3.05) is 12.3 Å². The lowest BCUT2D eigenvalue weighted by molar-refractivity contribution is 0.0523. The van der Waals surface area contributed by atoms with Crippen molar-refractivity contribution in [3.05, 3.63) is 27.5 Å². The van der Waals surface area contributed by atoms with Crippen molar-refractivity contribution in [1.82, 2.24) is 4.98 Å². The second kappa shape index (κ2) is 3.95. The minimum atomic E-state index is -0.619. The summed E-state index contributed by atoms with van der Waals surface area (Å²) in [6.07, 6.45) is 0. The maximum Gasteiger partial charge on any atom is 0.343 e. The van der Waals surface area contributed by atoms with Gasteiger partial charge >= 0.3 is 5.97 Å². The summed E-state index contributed by atoms with van der Waals surface area (Å²) in [7, 11) is 0. The molecule has 5 nitrogen and oxygen atoms in total. The van der Waals surface area contributed by atoms with Crippen LogP contribution in [0.1, 0.15) is 23.0 Å². The number of nitrogen functional groups attached to an aromatic ring is 1. The zero-order valence-corrected chi connectivity index (χ0v) is 8.09. The van der Waals surface area contributed by atoms with Crippen LogP contribution >= 0.6 is 0 Å². The number of H-pyrrole nitrogens is 1. The van der Waals surface area contributed by atoms with Crippen LogP contribution in [0.3, 0.4) is 0 Å². The van der Waals surface area contributed by atoms with Crippen LogP contribution in [0.5, 0.6) is 0 Å². The molecule has 14 heavy (non-hydrogen) atoms. The number of nitrogens with one attached hydrogen (secondary N) is 1. The van der Waals surface area contributed by atoms with E-state index in [4.69, 9.17) is 10.5 Å². The molecule has 0 aliphatic rings. The third-order valence-corrected chi connectivity index (χ3v) is 1.72. The van der Waals surface area contributed by atoms with Crippen molar-refractivity contribution in [1.29, 1.82) is 0 Å². The van der Waals surface area contributed by atoms with E-state index in [-0.39, 0.29) is 18.0 Å². The smallest absolute Gasteiger partial charge is 0.343 e. The first-order valence-electron chi connectivity index (χ1n) is 4.22. The Labute approximate surface area is 80.9 Å². The average Bonchev–Trinajstić information content (AvgIpc) is 2.01. The molecule has 0 saturated carbocycles. The van der Waals surface area contributed by atoms with Gasteiger partial charge in [-0.1, -0.05) is 0 Å². The molecule has 1 heterocycles. The first-order chi connectivity index (χ1) is 6.56. The van der Waals surface area contributed by atoms with Crippen LogP contribution in [0, 0.1) is 6.92 Å². The molecule has 0 aliphatic carbocycles. The summed E-state index contributed by atoms with van der Waals surface area (Å²) >= 11 is 0. The van der Waals surface area contributed by atoms with Gasteiger partial charge in [-0.3, -0.25) is 4.79 Å². The highest BCUT2D eigenvalue weighted by Gasteiger charge is 2.14. The Morgan fingerprint density at radius 2 is 2.29 bits per heavy atom. The number of carbonyl (C=O) groups is 1. The molecule has 0 radical (unpaired) electrons. The van der Waals surface area contributed by atoms with Gasteiger partial charge in [-0.2, -0.15) is 0 Å². The quantitative estimate of drug-likeness (QED) is 0.672. The minimum Gasteiger partial charge on any atom is -0.462 e. The van der Waals surface area contributed by atoms with Crippen LogP contribution in [0.25, 0.3) is 0 Å². The molecule has 0 unspecified atom stereocenters. The van der Waals surface area contributed by atoms with Crippen molar-refractivity contribution >= 4 is 11.8 Å². The van der Waals surface area contributed by atoms with Crippen LogP contribution in [0.15, 0.2) is 10.9 Å². The maximum atomic E-state index is 11.4. The number of rotatable bonds is 2. The van der Waals surface area contributed by atoms with E-state index in [1.54, 1.807) is 13.8 Å². The first kappa shape index (κ1) is 10.3. The van der Waals surface area contributed by atoms with E-state index in [1.165, 1.54) is 6.07 Å². The molecule has 1 rings (SSSR count). The van der Waals surface area contributed by atoms with E-state index in [0.717, 1.165) is 0 Å². The molecule has 0 bridgehead atoms. The normalized spacial score (nSPS) is 9.86. The molecule has 1 aromatic heterocycles. The molecule has 0 amide bonds. The van der Waals surface area contributed by atoms with Crippen LogP contribution in [0.4, 0.5) is 5.82 Å². The highest BCUT2D eigenvalue weighted by molar-refractivity contribution is 5.90. The van der Waals surface area contributed by atoms with E-state index >= 15 is 0 Å². The summed E-state index contributed by atoms with van der Waals surface area (Å²) in [6.45, 7) is 3.52. The maximum absolute atomic E-state index is 11.4. The molecule has 0 atom stereocenters. The van der Waals surface area contributed by atoms with E-state index in [2.05, 4.69) is 4.98 Å². The van der Waals surface area contributed by atoms with Gasteiger partial charge < -0.3 is 15.5 Å². The highest BCUT2D eigenvalue weighted by atomic mass is 16.5. The van der Waals surface area contributed by atoms with Crippen molar-refractivity contribution < 1.29 is 9.53 Å². The van der Waals surface area contributed by atoms with Crippen LogP contribution in [0.2, 0.25) is 0 Å². The fourth-order valence-corrected chi connectivity index (χ4v) is 1.17. The monoisotopic (exact) mass is 196 g/mol. The molecular weight excluding hydrogens is 184 g/mol. The number of hydrogen-bond donors (Lipinski definition) is 2. The predicted molar refractivity (Wildman–Crippen MR) is 52.2 cm³/mol. The summed E-state index contributed by atoms with van der Waals surface area (Å²) in [5.41, 5.74) is 5.41. The number of carbonyl (C=O) groups excluding carboxylic acids is 1. The van der Waals surface area contributed by atoms with Crippen LogP contribution < -0.4 is 11.2 Å². The van der Waals surface area contributed by atoms with Gasteiger partial charge in [-0.05, 0) is 13.8 Å². The van der Waals surface area contributed by atoms with Gasteiger partial charge in [0.05, 0.1) is 6.61 Å². The predicted octanol–water partition coefficient (Wildman–Crippen LogP) is 0.442. The van der Waals surface area contributed by atoms with E-state index in [1.807, 2.05) is 0 Å². The average molecular weight is 196 g/mol. The molecule has 0 aliphatic heterocycles. The highest BCUT2D eigenvalue weighted by Crippen LogP contribution is 2.03. The van der Waals surface area contributed by atoms with E-state index in [0.29, 0.717) is 5.69 Å². The fraction of sp³-hybridized carbons (Fsp3) is 0.333. The van der Waals surface area contributed by atoms with E-state index in [9.17, 15) is 9.59 Å². The minimum absolute atomic E-state index is 0.0149. The topological polar surface area (TPSA) is 85.2 Å². The summed E-state index contributed by atoms with van der Waals surface area (Å²) < 4.78 is 4.73. The number of nitrogens with two attached hydrogens (primary N) is 1. The van der Waals surface area contributed by atoms with Crippen LogP contribution in [-0.4, -0.2) is 17.6 Å². The summed E-state index contributed by atoms with van der Waals surface area (Å²) in [5.74, 6) is -0.383. The summed E-state index contributed by atoms with van der Waals surface area (Å²) in [6, 6.07) is 1.17. The van der Waals surface area contributed by atoms with Gasteiger partial charge in [0.25, 0.3) is 0 Å². The molecule has 0 spiro atoms. The summed E-state index contributed by atoms with van der Waals surface area (Å²) in [5, 5.41) is 0. The number of esters is 1. The molecule has 0 saturated heterocycles. The Hall–Kier alpha value is -1.78. The molecule has 3 N–H and O–H groups in total. The van der Waals surface area contributed by atoms with E-state index < -0.39 is 11.4 Å². The van der Waals surface area contributed by atoms with Gasteiger partial charge in [-0.15, -0.1) is 0 Å². The number of hydrogen-bond acceptors (Lipinski definition) is 4. The van der Waals surface area contributed by atoms with Crippen molar-refractivity contribution in [3.8, 4) is 0 Å². The fourth-order valence-electron chi connectivity index (χ4n) is 1.17. The Morgan fingerprint density at radius 3 is 2.79 bits per heavy atom. The van der Waals surface area contributed by atoms with Crippen LogP contribution in [-0.2, 0) is 4.74 Å². The van der Waals surface area contributed by atoms with Gasteiger partial charge in [0.1, 0.15) is 11.4 Å². The van der Waals surface area contributed by atoms with Crippen molar-refractivity contribution in [2.45, 2.75) is 13.8 Å². The van der Waals surface area contributed by atoms with Gasteiger partial charge in [-0.25, -0.2) is 4.79 Å². The third kappa shape index (κ3) is 1.93. The molecular formula is C9H12N2O3. The lowest BCUT2D eigenvalue weighted by Crippen LogP contribution is -2.20. The van der Waals surface area contributed by atoms with Gasteiger partial charge in [0.15, 0.2) is 5.43 Å². The molecule has 76 valence electrons. The largest absolute Gasteiger partial charge is 0.462 e. The molecule has 0 aromatic carbocycles. The first-order valence-corrected chi connectivity index (χ1v) is 4.22. The molecule has 1 aromatic rings. The zero-order valence-electron chi connectivity index (χ0n) is 8.09. The second-order valence-electron chi connectivity index (χ2n) is 2.81. The number of aromatic nitrogens is 1. The zero-order chi connectivity index (χ0) is 10.7. The Bertz CT molecular complexity index is 409. The number of pyridine rings is 1.